The Bertz CT molecular complexity index is 822. The van der Waals surface area contributed by atoms with Crippen molar-refractivity contribution in [2.75, 3.05) is 11.1 Å². The molecule has 0 fully saturated rings. The number of rotatable bonds is 2. The fourth-order valence-corrected chi connectivity index (χ4v) is 2.29. The SMILES string of the molecule is Cc1ccc(N)cc1C(=O)Nc1cccc2ncccc12. The van der Waals surface area contributed by atoms with Crippen molar-refractivity contribution >= 4 is 28.2 Å². The zero-order valence-electron chi connectivity index (χ0n) is 11.6. The van der Waals surface area contributed by atoms with Crippen LogP contribution in [-0.2, 0) is 0 Å². The van der Waals surface area contributed by atoms with Crippen LogP contribution in [0.25, 0.3) is 10.9 Å². The molecule has 0 atom stereocenters. The summed E-state index contributed by atoms with van der Waals surface area (Å²) in [6, 6.07) is 14.8. The van der Waals surface area contributed by atoms with Crippen LogP contribution in [0.4, 0.5) is 11.4 Å². The predicted molar refractivity (Wildman–Crippen MR) is 85.3 cm³/mol. The summed E-state index contributed by atoms with van der Waals surface area (Å²) in [5, 5.41) is 3.85. The number of aryl methyl sites for hydroxylation is 1. The van der Waals surface area contributed by atoms with Gasteiger partial charge in [0.1, 0.15) is 0 Å². The molecule has 104 valence electrons. The van der Waals surface area contributed by atoms with Gasteiger partial charge in [-0.3, -0.25) is 9.78 Å². The number of anilines is 2. The first-order valence-electron chi connectivity index (χ1n) is 6.66. The number of nitrogens with one attached hydrogen (secondary N) is 1. The third kappa shape index (κ3) is 2.56. The van der Waals surface area contributed by atoms with Crippen molar-refractivity contribution in [3.05, 3.63) is 65.9 Å². The van der Waals surface area contributed by atoms with E-state index in [1.807, 2.05) is 43.3 Å². The van der Waals surface area contributed by atoms with Crippen LogP contribution in [0.15, 0.2) is 54.7 Å². The van der Waals surface area contributed by atoms with E-state index in [1.54, 1.807) is 18.3 Å². The fraction of sp³-hybridized carbons (Fsp3) is 0.0588. The maximum Gasteiger partial charge on any atom is 0.256 e. The number of nitrogen functional groups attached to an aromatic ring is 1. The van der Waals surface area contributed by atoms with Gasteiger partial charge in [-0.1, -0.05) is 12.1 Å². The van der Waals surface area contributed by atoms with Crippen LogP contribution in [0.2, 0.25) is 0 Å². The number of carbonyl (C=O) groups excluding carboxylic acids is 1. The van der Waals surface area contributed by atoms with E-state index < -0.39 is 0 Å². The van der Waals surface area contributed by atoms with Crippen molar-refractivity contribution in [1.82, 2.24) is 4.98 Å². The second-order valence-electron chi connectivity index (χ2n) is 4.90. The van der Waals surface area contributed by atoms with Crippen LogP contribution >= 0.6 is 0 Å². The van der Waals surface area contributed by atoms with Gasteiger partial charge >= 0.3 is 0 Å². The first-order valence-corrected chi connectivity index (χ1v) is 6.66. The summed E-state index contributed by atoms with van der Waals surface area (Å²) in [6.45, 7) is 1.89. The second-order valence-corrected chi connectivity index (χ2v) is 4.90. The maximum atomic E-state index is 12.4. The molecule has 0 saturated carbocycles. The Labute approximate surface area is 122 Å². The van der Waals surface area contributed by atoms with Crippen LogP contribution in [0.5, 0.6) is 0 Å². The first kappa shape index (κ1) is 13.1. The van der Waals surface area contributed by atoms with Gasteiger partial charge in [0.2, 0.25) is 0 Å². The van der Waals surface area contributed by atoms with Gasteiger partial charge in [0.05, 0.1) is 11.2 Å². The van der Waals surface area contributed by atoms with E-state index in [2.05, 4.69) is 10.3 Å². The molecular weight excluding hydrogens is 262 g/mol. The molecule has 3 rings (SSSR count). The molecule has 1 aromatic heterocycles. The number of carbonyl (C=O) groups is 1. The molecule has 1 amide bonds. The van der Waals surface area contributed by atoms with Gasteiger partial charge in [-0.15, -0.1) is 0 Å². The summed E-state index contributed by atoms with van der Waals surface area (Å²) in [4.78, 5) is 16.7. The third-order valence-corrected chi connectivity index (χ3v) is 3.40. The van der Waals surface area contributed by atoms with Crippen LogP contribution in [0, 0.1) is 6.92 Å². The predicted octanol–water partition coefficient (Wildman–Crippen LogP) is 3.38. The summed E-state index contributed by atoms with van der Waals surface area (Å²) in [5.41, 5.74) is 9.39. The van der Waals surface area contributed by atoms with E-state index in [-0.39, 0.29) is 5.91 Å². The van der Waals surface area contributed by atoms with Gasteiger partial charge in [-0.25, -0.2) is 0 Å². The number of nitrogens with two attached hydrogens (primary N) is 1. The molecule has 3 N–H and O–H groups in total. The Hall–Kier alpha value is -2.88. The highest BCUT2D eigenvalue weighted by atomic mass is 16.1. The number of nitrogens with zero attached hydrogens (tertiary/aromatic N) is 1. The molecule has 0 aliphatic carbocycles. The van der Waals surface area contributed by atoms with E-state index in [0.717, 1.165) is 22.2 Å². The van der Waals surface area contributed by atoms with Crippen molar-refractivity contribution in [3.8, 4) is 0 Å². The van der Waals surface area contributed by atoms with Crippen molar-refractivity contribution in [2.24, 2.45) is 0 Å². The van der Waals surface area contributed by atoms with Gasteiger partial charge in [-0.05, 0) is 48.9 Å². The number of benzene rings is 2. The number of pyridine rings is 1. The number of amides is 1. The van der Waals surface area contributed by atoms with Crippen LogP contribution in [0.1, 0.15) is 15.9 Å². The van der Waals surface area contributed by atoms with Crippen molar-refractivity contribution in [3.63, 3.8) is 0 Å². The van der Waals surface area contributed by atoms with Crippen molar-refractivity contribution in [2.45, 2.75) is 6.92 Å². The monoisotopic (exact) mass is 277 g/mol. The molecular formula is C17H15N3O. The molecule has 0 aliphatic heterocycles. The standard InChI is InChI=1S/C17H15N3O/c1-11-7-8-12(18)10-14(11)17(21)20-16-6-2-5-15-13(16)4-3-9-19-15/h2-10H,18H2,1H3,(H,20,21). The van der Waals surface area contributed by atoms with Crippen molar-refractivity contribution < 1.29 is 4.79 Å². The molecule has 2 aromatic carbocycles. The minimum Gasteiger partial charge on any atom is -0.399 e. The topological polar surface area (TPSA) is 68.0 Å². The molecule has 0 aliphatic rings. The lowest BCUT2D eigenvalue weighted by molar-refractivity contribution is 0.102. The second kappa shape index (κ2) is 5.25. The molecule has 0 spiro atoms. The lowest BCUT2D eigenvalue weighted by atomic mass is 10.1. The summed E-state index contributed by atoms with van der Waals surface area (Å²) in [7, 11) is 0. The molecule has 0 bridgehead atoms. The summed E-state index contributed by atoms with van der Waals surface area (Å²) in [6.07, 6.45) is 1.73. The van der Waals surface area contributed by atoms with Crippen LogP contribution in [-0.4, -0.2) is 10.9 Å². The maximum absolute atomic E-state index is 12.4. The quantitative estimate of drug-likeness (QED) is 0.706. The molecule has 0 saturated heterocycles. The van der Waals surface area contributed by atoms with Gasteiger partial charge in [0, 0.05) is 22.8 Å². The van der Waals surface area contributed by atoms with Gasteiger partial charge in [-0.2, -0.15) is 0 Å². The van der Waals surface area contributed by atoms with E-state index >= 15 is 0 Å². The lowest BCUT2D eigenvalue weighted by Gasteiger charge is -2.10. The van der Waals surface area contributed by atoms with E-state index in [4.69, 9.17) is 5.73 Å². The van der Waals surface area contributed by atoms with E-state index in [9.17, 15) is 4.79 Å². The Morgan fingerprint density at radius 1 is 1.14 bits per heavy atom. The molecule has 0 unspecified atom stereocenters. The smallest absolute Gasteiger partial charge is 0.256 e. The van der Waals surface area contributed by atoms with Crippen molar-refractivity contribution in [1.29, 1.82) is 0 Å². The van der Waals surface area contributed by atoms with Gasteiger partial charge in [0.15, 0.2) is 0 Å². The Balaban J connectivity index is 1.99. The Kier molecular flexibility index (Phi) is 3.28. The highest BCUT2D eigenvalue weighted by molar-refractivity contribution is 6.09. The summed E-state index contributed by atoms with van der Waals surface area (Å²) in [5.74, 6) is -0.170. The molecule has 1 heterocycles. The fourth-order valence-electron chi connectivity index (χ4n) is 2.29. The average Bonchev–Trinajstić information content (AvgIpc) is 2.50. The molecule has 0 radical (unpaired) electrons. The molecule has 21 heavy (non-hydrogen) atoms. The van der Waals surface area contributed by atoms with Crippen LogP contribution in [0.3, 0.4) is 0 Å². The summed E-state index contributed by atoms with van der Waals surface area (Å²) < 4.78 is 0. The van der Waals surface area contributed by atoms with Gasteiger partial charge < -0.3 is 11.1 Å². The minimum atomic E-state index is -0.170. The number of hydrogen-bond donors (Lipinski definition) is 2. The molecule has 4 heteroatoms. The zero-order chi connectivity index (χ0) is 14.8. The lowest BCUT2D eigenvalue weighted by Crippen LogP contribution is -2.14. The highest BCUT2D eigenvalue weighted by Crippen LogP contribution is 2.22. The van der Waals surface area contributed by atoms with Gasteiger partial charge in [0.25, 0.3) is 5.91 Å². The first-order chi connectivity index (χ1) is 10.1. The van der Waals surface area contributed by atoms with Crippen LogP contribution < -0.4 is 11.1 Å². The number of hydrogen-bond acceptors (Lipinski definition) is 3. The molecule has 4 nitrogen and oxygen atoms in total. The minimum absolute atomic E-state index is 0.170. The normalized spacial score (nSPS) is 10.5. The molecule has 3 aromatic rings. The summed E-state index contributed by atoms with van der Waals surface area (Å²) >= 11 is 0. The Morgan fingerprint density at radius 3 is 2.86 bits per heavy atom. The average molecular weight is 277 g/mol. The van der Waals surface area contributed by atoms with E-state index in [1.165, 1.54) is 0 Å². The third-order valence-electron chi connectivity index (χ3n) is 3.40. The number of aromatic nitrogens is 1. The number of fused-ring (bicyclic) bond motifs is 1. The Morgan fingerprint density at radius 2 is 2.00 bits per heavy atom. The highest BCUT2D eigenvalue weighted by Gasteiger charge is 2.11. The zero-order valence-corrected chi connectivity index (χ0v) is 11.6. The largest absolute Gasteiger partial charge is 0.399 e. The van der Waals surface area contributed by atoms with E-state index in [0.29, 0.717) is 11.3 Å².